The fourth-order valence-electron chi connectivity index (χ4n) is 1.18. The number of hydrogen-bond acceptors (Lipinski definition) is 4. The molecule has 0 aromatic carbocycles. The second-order valence-corrected chi connectivity index (χ2v) is 4.52. The highest BCUT2D eigenvalue weighted by atomic mass is 32.1. The largest absolute Gasteiger partial charge is 0.385 e. The molecule has 0 fully saturated rings. The van der Waals surface area contributed by atoms with Gasteiger partial charge >= 0.3 is 0 Å². The molecule has 0 aliphatic rings. The third-order valence-corrected chi connectivity index (χ3v) is 3.12. The van der Waals surface area contributed by atoms with Crippen molar-refractivity contribution < 1.29 is 4.74 Å². The number of ether oxygens (including phenoxy) is 1. The molecular weight excluding hydrogens is 242 g/mol. The number of nitrogens with zero attached hydrogens (tertiary/aromatic N) is 2. The number of thiazole rings is 1. The molecule has 1 N–H and O–H groups in total. The van der Waals surface area contributed by atoms with Gasteiger partial charge in [0.15, 0.2) is 5.11 Å². The van der Waals surface area contributed by atoms with Crippen molar-refractivity contribution in [1.29, 1.82) is 0 Å². The van der Waals surface area contributed by atoms with Gasteiger partial charge in [-0.15, -0.1) is 11.3 Å². The van der Waals surface area contributed by atoms with E-state index >= 15 is 0 Å². The molecule has 0 spiro atoms. The standard InChI is InChI=1S/C10H17N3OS2/c1-13(6-9-7-16-8-12-9)10(15)11-4-3-5-14-2/h7-8H,3-6H2,1-2H3,(H,11,15). The molecule has 1 heterocycles. The Morgan fingerprint density at radius 3 is 3.12 bits per heavy atom. The maximum atomic E-state index is 5.25. The van der Waals surface area contributed by atoms with E-state index in [2.05, 4.69) is 10.3 Å². The first-order valence-corrected chi connectivity index (χ1v) is 6.44. The van der Waals surface area contributed by atoms with Crippen molar-refractivity contribution in [3.8, 4) is 0 Å². The summed E-state index contributed by atoms with van der Waals surface area (Å²) in [6, 6.07) is 0. The molecule has 0 saturated heterocycles. The Labute approximate surface area is 106 Å². The van der Waals surface area contributed by atoms with Gasteiger partial charge in [0.25, 0.3) is 0 Å². The summed E-state index contributed by atoms with van der Waals surface area (Å²) < 4.78 is 4.96. The zero-order chi connectivity index (χ0) is 11.8. The van der Waals surface area contributed by atoms with Crippen LogP contribution in [0.2, 0.25) is 0 Å². The van der Waals surface area contributed by atoms with Crippen LogP contribution in [0.25, 0.3) is 0 Å². The highest BCUT2D eigenvalue weighted by molar-refractivity contribution is 7.80. The van der Waals surface area contributed by atoms with E-state index in [4.69, 9.17) is 17.0 Å². The van der Waals surface area contributed by atoms with E-state index < -0.39 is 0 Å². The Morgan fingerprint density at radius 1 is 1.69 bits per heavy atom. The lowest BCUT2D eigenvalue weighted by Crippen LogP contribution is -2.37. The molecule has 0 radical (unpaired) electrons. The summed E-state index contributed by atoms with van der Waals surface area (Å²) in [6.07, 6.45) is 0.960. The third kappa shape index (κ3) is 4.87. The monoisotopic (exact) mass is 259 g/mol. The Balaban J connectivity index is 2.20. The molecule has 0 saturated carbocycles. The molecule has 6 heteroatoms. The van der Waals surface area contributed by atoms with E-state index in [-0.39, 0.29) is 0 Å². The lowest BCUT2D eigenvalue weighted by Gasteiger charge is -2.19. The summed E-state index contributed by atoms with van der Waals surface area (Å²) in [5, 5.41) is 5.97. The molecule has 1 rings (SSSR count). The molecule has 0 unspecified atom stereocenters. The van der Waals surface area contributed by atoms with Crippen molar-refractivity contribution in [3.63, 3.8) is 0 Å². The predicted molar refractivity (Wildman–Crippen MR) is 70.7 cm³/mol. The summed E-state index contributed by atoms with van der Waals surface area (Å²) >= 11 is 6.85. The summed E-state index contributed by atoms with van der Waals surface area (Å²) in [7, 11) is 3.66. The van der Waals surface area contributed by atoms with Crippen LogP contribution in [-0.4, -0.2) is 42.3 Å². The average Bonchev–Trinajstić information content (AvgIpc) is 2.76. The van der Waals surface area contributed by atoms with Crippen molar-refractivity contribution in [2.24, 2.45) is 0 Å². The Kier molecular flexibility index (Phi) is 6.29. The lowest BCUT2D eigenvalue weighted by molar-refractivity contribution is 0.195. The molecule has 90 valence electrons. The van der Waals surface area contributed by atoms with Crippen LogP contribution in [-0.2, 0) is 11.3 Å². The normalized spacial score (nSPS) is 10.1. The molecule has 16 heavy (non-hydrogen) atoms. The smallest absolute Gasteiger partial charge is 0.169 e. The van der Waals surface area contributed by atoms with Gasteiger partial charge in [0.2, 0.25) is 0 Å². The summed E-state index contributed by atoms with van der Waals surface area (Å²) in [6.45, 7) is 2.35. The van der Waals surface area contributed by atoms with Crippen LogP contribution in [0.1, 0.15) is 12.1 Å². The quantitative estimate of drug-likeness (QED) is 0.619. The number of thiocarbonyl (C=S) groups is 1. The van der Waals surface area contributed by atoms with Crippen LogP contribution in [0.3, 0.4) is 0 Å². The molecule has 0 aliphatic heterocycles. The first-order chi connectivity index (χ1) is 7.74. The van der Waals surface area contributed by atoms with Gasteiger partial charge in [-0.2, -0.15) is 0 Å². The van der Waals surface area contributed by atoms with Crippen LogP contribution < -0.4 is 5.32 Å². The number of nitrogens with one attached hydrogen (secondary N) is 1. The maximum Gasteiger partial charge on any atom is 0.169 e. The molecule has 1 aromatic rings. The van der Waals surface area contributed by atoms with Gasteiger partial charge in [-0.1, -0.05) is 0 Å². The highest BCUT2D eigenvalue weighted by Gasteiger charge is 2.05. The minimum Gasteiger partial charge on any atom is -0.385 e. The van der Waals surface area contributed by atoms with Gasteiger partial charge < -0.3 is 15.0 Å². The van der Waals surface area contributed by atoms with Gasteiger partial charge in [0, 0.05) is 32.7 Å². The van der Waals surface area contributed by atoms with E-state index in [0.717, 1.165) is 36.9 Å². The predicted octanol–water partition coefficient (Wildman–Crippen LogP) is 1.49. The van der Waals surface area contributed by atoms with Crippen LogP contribution in [0.4, 0.5) is 0 Å². The molecule has 1 aromatic heterocycles. The van der Waals surface area contributed by atoms with Crippen LogP contribution in [0, 0.1) is 0 Å². The van der Waals surface area contributed by atoms with Crippen molar-refractivity contribution in [2.45, 2.75) is 13.0 Å². The zero-order valence-electron chi connectivity index (χ0n) is 9.60. The third-order valence-electron chi connectivity index (χ3n) is 2.03. The summed E-state index contributed by atoms with van der Waals surface area (Å²) in [4.78, 5) is 6.20. The second kappa shape index (κ2) is 7.54. The average molecular weight is 259 g/mol. The Hall–Kier alpha value is -0.720. The molecular formula is C10H17N3OS2. The molecule has 4 nitrogen and oxygen atoms in total. The van der Waals surface area contributed by atoms with E-state index in [1.807, 2.05) is 22.8 Å². The van der Waals surface area contributed by atoms with Crippen molar-refractivity contribution in [3.05, 3.63) is 16.6 Å². The zero-order valence-corrected chi connectivity index (χ0v) is 11.2. The second-order valence-electron chi connectivity index (χ2n) is 3.41. The Bertz CT molecular complexity index is 303. The van der Waals surface area contributed by atoms with Gasteiger partial charge in [-0.25, -0.2) is 4.98 Å². The minimum atomic E-state index is 0.750. The van der Waals surface area contributed by atoms with Gasteiger partial charge in [-0.3, -0.25) is 0 Å². The van der Waals surface area contributed by atoms with Crippen LogP contribution >= 0.6 is 23.6 Å². The maximum absolute atomic E-state index is 5.25. The van der Waals surface area contributed by atoms with E-state index in [9.17, 15) is 0 Å². The molecule has 0 bridgehead atoms. The fraction of sp³-hybridized carbons (Fsp3) is 0.600. The van der Waals surface area contributed by atoms with E-state index in [1.165, 1.54) is 0 Å². The number of hydrogen-bond donors (Lipinski definition) is 1. The summed E-state index contributed by atoms with van der Waals surface area (Å²) in [5.41, 5.74) is 2.88. The molecule has 0 atom stereocenters. The first kappa shape index (κ1) is 13.3. The van der Waals surface area contributed by atoms with Crippen LogP contribution in [0.15, 0.2) is 10.9 Å². The van der Waals surface area contributed by atoms with E-state index in [1.54, 1.807) is 18.4 Å². The fourth-order valence-corrected chi connectivity index (χ4v) is 1.89. The van der Waals surface area contributed by atoms with Crippen molar-refractivity contribution in [1.82, 2.24) is 15.2 Å². The molecule has 0 aliphatic carbocycles. The van der Waals surface area contributed by atoms with Gasteiger partial charge in [-0.05, 0) is 18.6 Å². The van der Waals surface area contributed by atoms with Gasteiger partial charge in [0.05, 0.1) is 17.7 Å². The van der Waals surface area contributed by atoms with Crippen molar-refractivity contribution in [2.75, 3.05) is 27.3 Å². The lowest BCUT2D eigenvalue weighted by atomic mass is 10.4. The van der Waals surface area contributed by atoms with Gasteiger partial charge in [0.1, 0.15) is 0 Å². The first-order valence-electron chi connectivity index (χ1n) is 5.09. The SMILES string of the molecule is COCCCNC(=S)N(C)Cc1cscn1. The van der Waals surface area contributed by atoms with Crippen molar-refractivity contribution >= 4 is 28.7 Å². The minimum absolute atomic E-state index is 0.750. The topological polar surface area (TPSA) is 37.4 Å². The van der Waals surface area contributed by atoms with E-state index in [0.29, 0.717) is 0 Å². The van der Waals surface area contributed by atoms with Crippen LogP contribution in [0.5, 0.6) is 0 Å². The molecule has 0 amide bonds. The highest BCUT2D eigenvalue weighted by Crippen LogP contribution is 2.04. The summed E-state index contributed by atoms with van der Waals surface area (Å²) in [5.74, 6) is 0. The number of aromatic nitrogens is 1. The Morgan fingerprint density at radius 2 is 2.50 bits per heavy atom. The number of methoxy groups -OCH3 is 1. The number of rotatable bonds is 6.